The fourth-order valence-corrected chi connectivity index (χ4v) is 2.76. The van der Waals surface area contributed by atoms with Gasteiger partial charge in [0.25, 0.3) is 6.43 Å². The van der Waals surface area contributed by atoms with Gasteiger partial charge in [0.1, 0.15) is 5.41 Å². The second-order valence-corrected chi connectivity index (χ2v) is 5.27. The van der Waals surface area contributed by atoms with E-state index in [9.17, 15) is 8.78 Å². The first-order valence-electron chi connectivity index (χ1n) is 6.67. The SMILES string of the molecule is Cc1cc(-c2noc(C3(C(F)F)CCCC3)n2)ccn1. The molecule has 0 amide bonds. The van der Waals surface area contributed by atoms with Crippen molar-refractivity contribution in [3.05, 3.63) is 29.9 Å². The number of aromatic nitrogens is 3. The molecule has 0 aliphatic heterocycles. The molecule has 20 heavy (non-hydrogen) atoms. The van der Waals surface area contributed by atoms with E-state index >= 15 is 0 Å². The van der Waals surface area contributed by atoms with Gasteiger partial charge >= 0.3 is 0 Å². The van der Waals surface area contributed by atoms with Crippen LogP contribution in [0.4, 0.5) is 8.78 Å². The van der Waals surface area contributed by atoms with Gasteiger partial charge in [-0.25, -0.2) is 8.78 Å². The van der Waals surface area contributed by atoms with Crippen LogP contribution < -0.4 is 0 Å². The summed E-state index contributed by atoms with van der Waals surface area (Å²) >= 11 is 0. The number of pyridine rings is 1. The Morgan fingerprint density at radius 2 is 2.05 bits per heavy atom. The largest absolute Gasteiger partial charge is 0.338 e. The van der Waals surface area contributed by atoms with E-state index in [-0.39, 0.29) is 5.89 Å². The van der Waals surface area contributed by atoms with Crippen LogP contribution in [-0.4, -0.2) is 21.6 Å². The van der Waals surface area contributed by atoms with Crippen LogP contribution in [0, 0.1) is 6.92 Å². The zero-order chi connectivity index (χ0) is 14.2. The molecule has 1 aliphatic carbocycles. The third-order valence-electron chi connectivity index (χ3n) is 3.92. The molecular weight excluding hydrogens is 264 g/mol. The monoisotopic (exact) mass is 279 g/mol. The standard InChI is InChI=1S/C14H15F2N3O/c1-9-8-10(4-7-17-9)11-18-13(20-19-11)14(12(15)16)5-2-3-6-14/h4,7-8,12H,2-3,5-6H2,1H3. The van der Waals surface area contributed by atoms with E-state index in [1.165, 1.54) is 0 Å². The lowest BCUT2D eigenvalue weighted by Gasteiger charge is -2.22. The fourth-order valence-electron chi connectivity index (χ4n) is 2.76. The fraction of sp³-hybridized carbons (Fsp3) is 0.500. The zero-order valence-electron chi connectivity index (χ0n) is 11.1. The second-order valence-electron chi connectivity index (χ2n) is 5.27. The summed E-state index contributed by atoms with van der Waals surface area (Å²) in [6.45, 7) is 1.85. The van der Waals surface area contributed by atoms with Gasteiger partial charge in [-0.15, -0.1) is 0 Å². The van der Waals surface area contributed by atoms with E-state index in [0.29, 0.717) is 18.7 Å². The van der Waals surface area contributed by atoms with Crippen LogP contribution in [0.5, 0.6) is 0 Å². The van der Waals surface area contributed by atoms with Gasteiger partial charge in [-0.05, 0) is 31.9 Å². The Morgan fingerprint density at radius 3 is 2.70 bits per heavy atom. The van der Waals surface area contributed by atoms with Gasteiger partial charge in [-0.1, -0.05) is 18.0 Å². The summed E-state index contributed by atoms with van der Waals surface area (Å²) in [6, 6.07) is 3.55. The summed E-state index contributed by atoms with van der Waals surface area (Å²) in [5, 5.41) is 3.85. The number of hydrogen-bond acceptors (Lipinski definition) is 4. The van der Waals surface area contributed by atoms with Crippen LogP contribution in [0.1, 0.15) is 37.3 Å². The van der Waals surface area contributed by atoms with Gasteiger partial charge < -0.3 is 4.52 Å². The Morgan fingerprint density at radius 1 is 1.30 bits per heavy atom. The first-order chi connectivity index (χ1) is 9.62. The molecular formula is C14H15F2N3O. The maximum absolute atomic E-state index is 13.4. The van der Waals surface area contributed by atoms with Crippen molar-refractivity contribution in [1.82, 2.24) is 15.1 Å². The number of alkyl halides is 2. The molecule has 6 heteroatoms. The average Bonchev–Trinajstić information content (AvgIpc) is 3.08. The van der Waals surface area contributed by atoms with Crippen molar-refractivity contribution in [2.45, 2.75) is 44.4 Å². The molecule has 0 bridgehead atoms. The molecule has 2 heterocycles. The highest BCUT2D eigenvalue weighted by atomic mass is 19.3. The quantitative estimate of drug-likeness (QED) is 0.862. The molecule has 1 saturated carbocycles. The molecule has 1 aliphatic rings. The first kappa shape index (κ1) is 13.1. The minimum Gasteiger partial charge on any atom is -0.338 e. The van der Waals surface area contributed by atoms with Crippen LogP contribution in [0.2, 0.25) is 0 Å². The van der Waals surface area contributed by atoms with Gasteiger partial charge in [0, 0.05) is 17.5 Å². The smallest absolute Gasteiger partial charge is 0.252 e. The topological polar surface area (TPSA) is 51.8 Å². The lowest BCUT2D eigenvalue weighted by Crippen LogP contribution is -2.31. The first-order valence-corrected chi connectivity index (χ1v) is 6.67. The lowest BCUT2D eigenvalue weighted by atomic mass is 9.86. The molecule has 1 fully saturated rings. The van der Waals surface area contributed by atoms with Crippen molar-refractivity contribution in [1.29, 1.82) is 0 Å². The van der Waals surface area contributed by atoms with Crippen molar-refractivity contribution in [3.63, 3.8) is 0 Å². The Hall–Kier alpha value is -1.85. The van der Waals surface area contributed by atoms with Gasteiger partial charge in [0.05, 0.1) is 0 Å². The highest BCUT2D eigenvalue weighted by Crippen LogP contribution is 2.45. The highest BCUT2D eigenvalue weighted by Gasteiger charge is 2.48. The summed E-state index contributed by atoms with van der Waals surface area (Å²) in [4.78, 5) is 8.30. The Labute approximate surface area is 115 Å². The van der Waals surface area contributed by atoms with Crippen molar-refractivity contribution >= 4 is 0 Å². The molecule has 0 N–H and O–H groups in total. The molecule has 0 saturated heterocycles. The number of rotatable bonds is 3. The van der Waals surface area contributed by atoms with Crippen LogP contribution in [-0.2, 0) is 5.41 Å². The number of hydrogen-bond donors (Lipinski definition) is 0. The number of aryl methyl sites for hydroxylation is 1. The highest BCUT2D eigenvalue weighted by molar-refractivity contribution is 5.54. The minimum atomic E-state index is -2.47. The van der Waals surface area contributed by atoms with E-state index in [1.54, 1.807) is 18.3 Å². The molecule has 0 radical (unpaired) electrons. The minimum absolute atomic E-state index is 0.0643. The number of nitrogens with zero attached hydrogens (tertiary/aromatic N) is 3. The molecule has 0 aromatic carbocycles. The van der Waals surface area contributed by atoms with Crippen LogP contribution >= 0.6 is 0 Å². The molecule has 2 aromatic rings. The van der Waals surface area contributed by atoms with Crippen molar-refractivity contribution < 1.29 is 13.3 Å². The van der Waals surface area contributed by atoms with Crippen LogP contribution in [0.3, 0.4) is 0 Å². The number of halogens is 2. The normalized spacial score (nSPS) is 17.8. The summed E-state index contributed by atoms with van der Waals surface area (Å²) in [5.74, 6) is 0.409. The van der Waals surface area contributed by atoms with E-state index in [0.717, 1.165) is 24.1 Å². The van der Waals surface area contributed by atoms with E-state index < -0.39 is 11.8 Å². The molecule has 0 spiro atoms. The van der Waals surface area contributed by atoms with Gasteiger partial charge in [0.2, 0.25) is 11.7 Å². The second kappa shape index (κ2) is 4.92. The maximum atomic E-state index is 13.4. The van der Waals surface area contributed by atoms with Crippen LogP contribution in [0.15, 0.2) is 22.9 Å². The maximum Gasteiger partial charge on any atom is 0.252 e. The average molecular weight is 279 g/mol. The molecule has 0 atom stereocenters. The predicted octanol–water partition coefficient (Wildman–Crippen LogP) is 3.52. The van der Waals surface area contributed by atoms with E-state index in [1.807, 2.05) is 6.92 Å². The lowest BCUT2D eigenvalue weighted by molar-refractivity contribution is 0.0328. The molecule has 106 valence electrons. The van der Waals surface area contributed by atoms with Gasteiger partial charge in [-0.2, -0.15) is 4.98 Å². The van der Waals surface area contributed by atoms with Crippen LogP contribution in [0.25, 0.3) is 11.4 Å². The third kappa shape index (κ3) is 2.09. The molecule has 2 aromatic heterocycles. The van der Waals surface area contributed by atoms with Crippen molar-refractivity contribution in [2.24, 2.45) is 0 Å². The predicted molar refractivity (Wildman–Crippen MR) is 68.4 cm³/mol. The van der Waals surface area contributed by atoms with Gasteiger partial charge in [-0.3, -0.25) is 4.98 Å². The Bertz CT molecular complexity index is 606. The van der Waals surface area contributed by atoms with E-state index in [4.69, 9.17) is 4.52 Å². The summed E-state index contributed by atoms with van der Waals surface area (Å²) in [6.07, 6.45) is 1.52. The summed E-state index contributed by atoms with van der Waals surface area (Å²) in [5.41, 5.74) is 0.293. The zero-order valence-corrected chi connectivity index (χ0v) is 11.1. The molecule has 3 rings (SSSR count). The van der Waals surface area contributed by atoms with E-state index in [2.05, 4.69) is 15.1 Å². The van der Waals surface area contributed by atoms with Crippen molar-refractivity contribution in [3.8, 4) is 11.4 Å². The Kier molecular flexibility index (Phi) is 3.23. The Balaban J connectivity index is 1.97. The third-order valence-corrected chi connectivity index (χ3v) is 3.92. The summed E-state index contributed by atoms with van der Waals surface area (Å²) in [7, 11) is 0. The van der Waals surface area contributed by atoms with Crippen molar-refractivity contribution in [2.75, 3.05) is 0 Å². The summed E-state index contributed by atoms with van der Waals surface area (Å²) < 4.78 is 32.0. The molecule has 4 nitrogen and oxygen atoms in total. The molecule has 0 unspecified atom stereocenters. The van der Waals surface area contributed by atoms with Gasteiger partial charge in [0.15, 0.2) is 0 Å².